The zero-order chi connectivity index (χ0) is 13.3. The van der Waals surface area contributed by atoms with Gasteiger partial charge in [-0.25, -0.2) is 4.39 Å². The van der Waals surface area contributed by atoms with Gasteiger partial charge in [0, 0.05) is 11.4 Å². The van der Waals surface area contributed by atoms with Crippen LogP contribution in [-0.2, 0) is 0 Å². The van der Waals surface area contributed by atoms with Crippen molar-refractivity contribution >= 4 is 40.3 Å². The van der Waals surface area contributed by atoms with Crippen LogP contribution >= 0.6 is 23.2 Å². The normalized spacial score (nSPS) is 10.4. The fourth-order valence-corrected chi connectivity index (χ4v) is 2.11. The third kappa shape index (κ3) is 2.68. The number of hydrogen-bond donors (Lipinski definition) is 2. The van der Waals surface area contributed by atoms with Crippen molar-refractivity contribution in [1.82, 2.24) is 0 Å². The highest BCUT2D eigenvalue weighted by atomic mass is 35.5. The first-order chi connectivity index (χ1) is 8.47. The first kappa shape index (κ1) is 13.0. The van der Waals surface area contributed by atoms with Gasteiger partial charge >= 0.3 is 0 Å². The molecule has 0 saturated heterocycles. The Balaban J connectivity index is 2.37. The van der Waals surface area contributed by atoms with Crippen LogP contribution in [0.15, 0.2) is 30.3 Å². The molecular formula is C13H11Cl2FN2. The van der Waals surface area contributed by atoms with Crippen LogP contribution in [-0.4, -0.2) is 0 Å². The van der Waals surface area contributed by atoms with Crippen molar-refractivity contribution in [2.24, 2.45) is 0 Å². The molecular weight excluding hydrogens is 274 g/mol. The van der Waals surface area contributed by atoms with E-state index in [1.165, 1.54) is 12.1 Å². The summed E-state index contributed by atoms with van der Waals surface area (Å²) in [6.07, 6.45) is 0. The molecule has 18 heavy (non-hydrogen) atoms. The van der Waals surface area contributed by atoms with E-state index in [9.17, 15) is 4.39 Å². The standard InChI is InChI=1S/C13H11Cl2FN2/c1-7-4-9(2-3-12(7)17)18-13-10(14)5-8(16)6-11(13)15/h2-6,18H,17H2,1H3. The minimum absolute atomic E-state index is 0.231. The van der Waals surface area contributed by atoms with E-state index in [2.05, 4.69) is 5.32 Å². The Kier molecular flexibility index (Phi) is 3.64. The van der Waals surface area contributed by atoms with Crippen LogP contribution in [0.2, 0.25) is 10.0 Å². The van der Waals surface area contributed by atoms with Gasteiger partial charge in [-0.1, -0.05) is 23.2 Å². The molecule has 0 amide bonds. The van der Waals surface area contributed by atoms with Gasteiger partial charge in [0.1, 0.15) is 5.82 Å². The lowest BCUT2D eigenvalue weighted by molar-refractivity contribution is 0.628. The SMILES string of the molecule is Cc1cc(Nc2c(Cl)cc(F)cc2Cl)ccc1N. The second kappa shape index (κ2) is 5.04. The highest BCUT2D eigenvalue weighted by Gasteiger charge is 2.09. The predicted molar refractivity (Wildman–Crippen MR) is 75.3 cm³/mol. The van der Waals surface area contributed by atoms with Gasteiger partial charge in [0.05, 0.1) is 15.7 Å². The number of nitrogens with one attached hydrogen (secondary N) is 1. The number of anilines is 3. The van der Waals surface area contributed by atoms with Crippen LogP contribution < -0.4 is 11.1 Å². The number of halogens is 3. The molecule has 0 fully saturated rings. The van der Waals surface area contributed by atoms with Crippen molar-refractivity contribution in [2.75, 3.05) is 11.1 Å². The van der Waals surface area contributed by atoms with E-state index in [0.717, 1.165) is 11.3 Å². The van der Waals surface area contributed by atoms with Crippen molar-refractivity contribution in [3.63, 3.8) is 0 Å². The third-order valence-corrected chi connectivity index (χ3v) is 3.14. The average molecular weight is 285 g/mol. The summed E-state index contributed by atoms with van der Waals surface area (Å²) < 4.78 is 13.1. The molecule has 0 spiro atoms. The summed E-state index contributed by atoms with van der Waals surface area (Å²) in [4.78, 5) is 0. The maximum absolute atomic E-state index is 13.1. The molecule has 0 aliphatic carbocycles. The topological polar surface area (TPSA) is 38.0 Å². The number of rotatable bonds is 2. The Morgan fingerprint density at radius 3 is 2.28 bits per heavy atom. The van der Waals surface area contributed by atoms with Crippen LogP contribution in [0.25, 0.3) is 0 Å². The van der Waals surface area contributed by atoms with Crippen LogP contribution in [0.4, 0.5) is 21.5 Å². The fraction of sp³-hybridized carbons (Fsp3) is 0.0769. The van der Waals surface area contributed by atoms with E-state index < -0.39 is 5.82 Å². The zero-order valence-corrected chi connectivity index (χ0v) is 11.1. The van der Waals surface area contributed by atoms with Crippen molar-refractivity contribution in [3.8, 4) is 0 Å². The second-order valence-corrected chi connectivity index (χ2v) is 4.76. The minimum atomic E-state index is -0.468. The van der Waals surface area contributed by atoms with Crippen molar-refractivity contribution in [3.05, 3.63) is 51.8 Å². The van der Waals surface area contributed by atoms with Crippen molar-refractivity contribution < 1.29 is 4.39 Å². The summed E-state index contributed by atoms with van der Waals surface area (Å²) in [6.45, 7) is 1.90. The van der Waals surface area contributed by atoms with E-state index in [1.54, 1.807) is 12.1 Å². The van der Waals surface area contributed by atoms with Crippen molar-refractivity contribution in [1.29, 1.82) is 0 Å². The molecule has 0 bridgehead atoms. The summed E-state index contributed by atoms with van der Waals surface area (Å²) in [5, 5.41) is 3.51. The predicted octanol–water partition coefficient (Wildman–Crippen LogP) is 4.77. The molecule has 2 aromatic carbocycles. The van der Waals surface area contributed by atoms with Gasteiger partial charge in [-0.2, -0.15) is 0 Å². The van der Waals surface area contributed by atoms with Crippen LogP contribution in [0, 0.1) is 12.7 Å². The number of aryl methyl sites for hydroxylation is 1. The van der Waals surface area contributed by atoms with E-state index in [0.29, 0.717) is 11.4 Å². The highest BCUT2D eigenvalue weighted by Crippen LogP contribution is 2.34. The molecule has 2 aromatic rings. The lowest BCUT2D eigenvalue weighted by Gasteiger charge is -2.12. The monoisotopic (exact) mass is 284 g/mol. The van der Waals surface area contributed by atoms with Crippen LogP contribution in [0.1, 0.15) is 5.56 Å². The Labute approximate surface area is 115 Å². The molecule has 2 rings (SSSR count). The molecule has 2 nitrogen and oxygen atoms in total. The largest absolute Gasteiger partial charge is 0.399 e. The van der Waals surface area contributed by atoms with Gasteiger partial charge in [-0.05, 0) is 42.8 Å². The summed E-state index contributed by atoms with van der Waals surface area (Å²) in [7, 11) is 0. The third-order valence-electron chi connectivity index (χ3n) is 2.55. The van der Waals surface area contributed by atoms with Gasteiger partial charge in [0.15, 0.2) is 0 Å². The van der Waals surface area contributed by atoms with Crippen LogP contribution in [0.3, 0.4) is 0 Å². The Morgan fingerprint density at radius 1 is 1.11 bits per heavy atom. The zero-order valence-electron chi connectivity index (χ0n) is 9.60. The van der Waals surface area contributed by atoms with Crippen LogP contribution in [0.5, 0.6) is 0 Å². The number of nitrogens with two attached hydrogens (primary N) is 1. The maximum atomic E-state index is 13.1. The molecule has 0 unspecified atom stereocenters. The summed E-state index contributed by atoms with van der Waals surface area (Å²) >= 11 is 11.9. The molecule has 3 N–H and O–H groups in total. The summed E-state index contributed by atoms with van der Waals surface area (Å²) in [5.74, 6) is -0.468. The fourth-order valence-electron chi connectivity index (χ4n) is 1.56. The number of benzene rings is 2. The average Bonchev–Trinajstić information content (AvgIpc) is 2.28. The summed E-state index contributed by atoms with van der Waals surface area (Å²) in [5.41, 5.74) is 8.64. The van der Waals surface area contributed by atoms with E-state index in [1.807, 2.05) is 13.0 Å². The maximum Gasteiger partial charge on any atom is 0.126 e. The van der Waals surface area contributed by atoms with Gasteiger partial charge in [0.2, 0.25) is 0 Å². The molecule has 0 atom stereocenters. The van der Waals surface area contributed by atoms with Gasteiger partial charge < -0.3 is 11.1 Å². The smallest absolute Gasteiger partial charge is 0.126 e. The first-order valence-corrected chi connectivity index (χ1v) is 6.00. The van der Waals surface area contributed by atoms with E-state index >= 15 is 0 Å². The number of nitrogen functional groups attached to an aromatic ring is 1. The molecule has 0 saturated carbocycles. The minimum Gasteiger partial charge on any atom is -0.399 e. The number of hydrogen-bond acceptors (Lipinski definition) is 2. The lowest BCUT2D eigenvalue weighted by atomic mass is 10.2. The molecule has 94 valence electrons. The quantitative estimate of drug-likeness (QED) is 0.780. The van der Waals surface area contributed by atoms with Gasteiger partial charge in [0.25, 0.3) is 0 Å². The Bertz CT molecular complexity index is 577. The molecule has 0 aliphatic heterocycles. The summed E-state index contributed by atoms with van der Waals surface area (Å²) in [6, 6.07) is 7.87. The molecule has 5 heteroatoms. The van der Waals surface area contributed by atoms with Crippen molar-refractivity contribution in [2.45, 2.75) is 6.92 Å². The first-order valence-electron chi connectivity index (χ1n) is 5.25. The molecule has 0 heterocycles. The van der Waals surface area contributed by atoms with Gasteiger partial charge in [-0.15, -0.1) is 0 Å². The van der Waals surface area contributed by atoms with E-state index in [-0.39, 0.29) is 10.0 Å². The molecule has 0 aromatic heterocycles. The highest BCUT2D eigenvalue weighted by molar-refractivity contribution is 6.39. The second-order valence-electron chi connectivity index (χ2n) is 3.94. The Hall–Kier alpha value is -1.45. The molecule has 0 aliphatic rings. The Morgan fingerprint density at radius 2 is 1.72 bits per heavy atom. The van der Waals surface area contributed by atoms with Gasteiger partial charge in [-0.3, -0.25) is 0 Å². The van der Waals surface area contributed by atoms with E-state index in [4.69, 9.17) is 28.9 Å². The lowest BCUT2D eigenvalue weighted by Crippen LogP contribution is -1.96. The molecule has 0 radical (unpaired) electrons.